The number of hydrogen-bond acceptors (Lipinski definition) is 6. The van der Waals surface area contributed by atoms with E-state index in [1.54, 1.807) is 6.20 Å². The number of carboxylic acid groups (broad SMARTS) is 1. The third kappa shape index (κ3) is 4.08. The summed E-state index contributed by atoms with van der Waals surface area (Å²) in [4.78, 5) is 26.1. The molecular weight excluding hydrogens is 399 g/mol. The normalized spacial score (nSPS) is 16.2. The Hall–Kier alpha value is -3.49. The van der Waals surface area contributed by atoms with E-state index < -0.39 is 17.8 Å². The van der Waals surface area contributed by atoms with Gasteiger partial charge < -0.3 is 19.9 Å². The largest absolute Gasteiger partial charge is 0.480 e. The lowest BCUT2D eigenvalue weighted by Gasteiger charge is -2.23. The van der Waals surface area contributed by atoms with Crippen molar-refractivity contribution in [1.82, 2.24) is 19.5 Å². The van der Waals surface area contributed by atoms with E-state index in [1.807, 2.05) is 54.5 Å². The highest BCUT2D eigenvalue weighted by molar-refractivity contribution is 5.79. The molecule has 3 aromatic rings. The lowest BCUT2D eigenvalue weighted by atomic mass is 10.2. The fourth-order valence-corrected chi connectivity index (χ4v) is 4.09. The van der Waals surface area contributed by atoms with E-state index in [0.717, 1.165) is 36.4 Å². The number of nitrogens with zero attached hydrogens (tertiary/aromatic N) is 5. The van der Waals surface area contributed by atoms with Gasteiger partial charge in [0.2, 0.25) is 5.95 Å². The summed E-state index contributed by atoms with van der Waals surface area (Å²) in [5.41, 5.74) is 2.36. The molecule has 1 atom stereocenters. The number of halogens is 1. The van der Waals surface area contributed by atoms with Gasteiger partial charge in [0.05, 0.1) is 18.1 Å². The van der Waals surface area contributed by atoms with Gasteiger partial charge in [-0.2, -0.15) is 0 Å². The molecule has 0 bridgehead atoms. The number of carboxylic acids is 1. The number of anilines is 3. The predicted molar refractivity (Wildman–Crippen MR) is 116 cm³/mol. The van der Waals surface area contributed by atoms with Crippen LogP contribution in [0.2, 0.25) is 0 Å². The second-order valence-corrected chi connectivity index (χ2v) is 7.91. The van der Waals surface area contributed by atoms with Crippen molar-refractivity contribution >= 4 is 23.3 Å². The topological polar surface area (TPSA) is 96.2 Å². The number of benzene rings is 1. The first-order valence-corrected chi connectivity index (χ1v) is 10.3. The zero-order valence-electron chi connectivity index (χ0n) is 17.7. The number of aliphatic carboxylic acids is 1. The Balaban J connectivity index is 1.57. The molecule has 8 nitrogen and oxygen atoms in total. The maximum Gasteiger partial charge on any atom is 0.326 e. The van der Waals surface area contributed by atoms with Crippen LogP contribution in [-0.2, 0) is 4.79 Å². The fraction of sp³-hybridized carbons (Fsp3) is 0.364. The van der Waals surface area contributed by atoms with E-state index in [9.17, 15) is 14.3 Å². The number of carbonyl (C=O) groups is 1. The maximum absolute atomic E-state index is 14.5. The molecule has 0 aliphatic carbocycles. The molecular formula is C22H25FN6O2. The van der Waals surface area contributed by atoms with Gasteiger partial charge in [0.25, 0.3) is 0 Å². The van der Waals surface area contributed by atoms with Crippen LogP contribution in [0, 0.1) is 12.7 Å². The first kappa shape index (κ1) is 20.8. The molecule has 2 N–H and O–H groups in total. The summed E-state index contributed by atoms with van der Waals surface area (Å²) in [6, 6.07) is 7.02. The molecule has 162 valence electrons. The number of rotatable bonds is 6. The van der Waals surface area contributed by atoms with Gasteiger partial charge in [0.15, 0.2) is 5.82 Å². The van der Waals surface area contributed by atoms with Crippen LogP contribution in [0.3, 0.4) is 0 Å². The molecule has 0 amide bonds. The van der Waals surface area contributed by atoms with Gasteiger partial charge in [-0.15, -0.1) is 0 Å². The van der Waals surface area contributed by atoms with Crippen LogP contribution in [0.25, 0.3) is 11.4 Å². The van der Waals surface area contributed by atoms with E-state index in [0.29, 0.717) is 12.1 Å². The minimum absolute atomic E-state index is 0.107. The summed E-state index contributed by atoms with van der Waals surface area (Å²) >= 11 is 0. The average Bonchev–Trinajstić information content (AvgIpc) is 3.37. The van der Waals surface area contributed by atoms with Crippen LogP contribution in [0.15, 0.2) is 36.7 Å². The Morgan fingerprint density at radius 1 is 1.23 bits per heavy atom. The zero-order valence-corrected chi connectivity index (χ0v) is 17.7. The summed E-state index contributed by atoms with van der Waals surface area (Å²) in [5, 5.41) is 12.5. The molecule has 1 aliphatic heterocycles. The average molecular weight is 424 g/mol. The van der Waals surface area contributed by atoms with Crippen LogP contribution in [0.4, 0.5) is 21.7 Å². The molecule has 9 heteroatoms. The third-order valence-electron chi connectivity index (χ3n) is 5.48. The number of imidazole rings is 1. The van der Waals surface area contributed by atoms with Gasteiger partial charge in [-0.25, -0.2) is 24.1 Å². The molecule has 31 heavy (non-hydrogen) atoms. The molecule has 1 saturated heterocycles. The molecule has 2 aromatic heterocycles. The van der Waals surface area contributed by atoms with Crippen molar-refractivity contribution in [1.29, 1.82) is 0 Å². The monoisotopic (exact) mass is 424 g/mol. The Morgan fingerprint density at radius 3 is 2.65 bits per heavy atom. The van der Waals surface area contributed by atoms with Crippen molar-refractivity contribution in [3.8, 4) is 11.4 Å². The first-order valence-electron chi connectivity index (χ1n) is 10.3. The Labute approximate surface area is 179 Å². The van der Waals surface area contributed by atoms with Gasteiger partial charge in [0.1, 0.15) is 17.6 Å². The number of nitrogens with one attached hydrogen (secondary N) is 1. The van der Waals surface area contributed by atoms with E-state index in [4.69, 9.17) is 0 Å². The quantitative estimate of drug-likeness (QED) is 0.613. The lowest BCUT2D eigenvalue weighted by Crippen LogP contribution is -2.35. The van der Waals surface area contributed by atoms with E-state index in [-0.39, 0.29) is 17.7 Å². The van der Waals surface area contributed by atoms with Crippen LogP contribution in [0.1, 0.15) is 38.6 Å². The first-order chi connectivity index (χ1) is 14.8. The van der Waals surface area contributed by atoms with Crippen LogP contribution in [0.5, 0.6) is 0 Å². The lowest BCUT2D eigenvalue weighted by molar-refractivity contribution is -0.138. The Kier molecular flexibility index (Phi) is 5.58. The third-order valence-corrected chi connectivity index (χ3v) is 5.48. The predicted octanol–water partition coefficient (Wildman–Crippen LogP) is 4.17. The highest BCUT2D eigenvalue weighted by Crippen LogP contribution is 2.29. The number of hydrogen-bond donors (Lipinski definition) is 2. The zero-order chi connectivity index (χ0) is 22.1. The van der Waals surface area contributed by atoms with Gasteiger partial charge in [-0.3, -0.25) is 0 Å². The van der Waals surface area contributed by atoms with Gasteiger partial charge >= 0.3 is 5.97 Å². The van der Waals surface area contributed by atoms with Crippen LogP contribution < -0.4 is 10.2 Å². The molecule has 0 saturated carbocycles. The van der Waals surface area contributed by atoms with Crippen LogP contribution >= 0.6 is 0 Å². The summed E-state index contributed by atoms with van der Waals surface area (Å²) < 4.78 is 16.5. The second-order valence-electron chi connectivity index (χ2n) is 7.91. The van der Waals surface area contributed by atoms with Crippen LogP contribution in [-0.4, -0.2) is 43.2 Å². The van der Waals surface area contributed by atoms with E-state index in [2.05, 4.69) is 20.3 Å². The molecule has 0 spiro atoms. The number of aryl methyl sites for hydroxylation is 1. The van der Waals surface area contributed by atoms with Crippen molar-refractivity contribution in [2.75, 3.05) is 16.8 Å². The molecule has 3 heterocycles. The standard InChI is InChI=1S/C22H25FN6O2/c1-13(2)29-14(3)24-12-19(29)20-17(23)11-25-22(27-20)26-15-6-8-16(9-7-15)28-10-4-5-18(28)21(30)31/h6-9,11-13,18H,4-5,10H2,1-3H3,(H,30,31)(H,25,26,27)/t18-/m1/s1. The Bertz CT molecular complexity index is 1100. The number of aromatic nitrogens is 4. The van der Waals surface area contributed by atoms with E-state index >= 15 is 0 Å². The smallest absolute Gasteiger partial charge is 0.326 e. The summed E-state index contributed by atoms with van der Waals surface area (Å²) in [6.07, 6.45) is 4.27. The van der Waals surface area contributed by atoms with Crippen molar-refractivity contribution in [3.05, 3.63) is 48.3 Å². The molecule has 1 fully saturated rings. The molecule has 1 aromatic carbocycles. The minimum Gasteiger partial charge on any atom is -0.480 e. The molecule has 0 radical (unpaired) electrons. The van der Waals surface area contributed by atoms with Crippen molar-refractivity contribution in [2.24, 2.45) is 0 Å². The highest BCUT2D eigenvalue weighted by atomic mass is 19.1. The second kappa shape index (κ2) is 8.33. The SMILES string of the molecule is Cc1ncc(-c2nc(Nc3ccc(N4CCC[C@@H]4C(=O)O)cc3)ncc2F)n1C(C)C. The van der Waals surface area contributed by atoms with E-state index in [1.165, 1.54) is 0 Å². The van der Waals surface area contributed by atoms with Crippen molar-refractivity contribution < 1.29 is 14.3 Å². The summed E-state index contributed by atoms with van der Waals surface area (Å²) in [7, 11) is 0. The molecule has 1 aliphatic rings. The summed E-state index contributed by atoms with van der Waals surface area (Å²) in [5.74, 6) is -0.267. The van der Waals surface area contributed by atoms with Gasteiger partial charge in [-0.05, 0) is 57.9 Å². The fourth-order valence-electron chi connectivity index (χ4n) is 4.09. The van der Waals surface area contributed by atoms with Crippen molar-refractivity contribution in [3.63, 3.8) is 0 Å². The summed E-state index contributed by atoms with van der Waals surface area (Å²) in [6.45, 7) is 6.61. The minimum atomic E-state index is -0.803. The Morgan fingerprint density at radius 2 is 1.97 bits per heavy atom. The molecule has 0 unspecified atom stereocenters. The molecule has 4 rings (SSSR count). The van der Waals surface area contributed by atoms with Crippen molar-refractivity contribution in [2.45, 2.75) is 45.7 Å². The van der Waals surface area contributed by atoms with Gasteiger partial charge in [0, 0.05) is 24.0 Å². The van der Waals surface area contributed by atoms with Gasteiger partial charge in [-0.1, -0.05) is 0 Å². The highest BCUT2D eigenvalue weighted by Gasteiger charge is 2.30. The maximum atomic E-state index is 14.5.